The van der Waals surface area contributed by atoms with E-state index in [9.17, 15) is 5.11 Å². The van der Waals surface area contributed by atoms with Gasteiger partial charge in [0.25, 0.3) is 0 Å². The molecular weight excluding hydrogens is 212 g/mol. The summed E-state index contributed by atoms with van der Waals surface area (Å²) in [6, 6.07) is 8.02. The van der Waals surface area contributed by atoms with Gasteiger partial charge in [-0.3, -0.25) is 0 Å². The van der Waals surface area contributed by atoms with Gasteiger partial charge in [-0.15, -0.1) is 11.8 Å². The summed E-state index contributed by atoms with van der Waals surface area (Å²) >= 11 is 5.88. The predicted octanol–water partition coefficient (Wildman–Crippen LogP) is 3.15. The number of hydrogen-bond donors (Lipinski definition) is 2. The van der Waals surface area contributed by atoms with E-state index in [2.05, 4.69) is 26.5 Å². The van der Waals surface area contributed by atoms with Gasteiger partial charge < -0.3 is 5.11 Å². The molecule has 0 radical (unpaired) electrons. The van der Waals surface area contributed by atoms with E-state index in [1.54, 1.807) is 0 Å². The fraction of sp³-hybridized carbons (Fsp3) is 0.455. The summed E-state index contributed by atoms with van der Waals surface area (Å²) in [5.74, 6) is 0.469. The van der Waals surface area contributed by atoms with Gasteiger partial charge in [-0.1, -0.05) is 26.0 Å². The van der Waals surface area contributed by atoms with Crippen molar-refractivity contribution in [1.29, 1.82) is 0 Å². The summed E-state index contributed by atoms with van der Waals surface area (Å²) < 4.78 is 0. The quantitative estimate of drug-likeness (QED) is 0.610. The Kier molecular flexibility index (Phi) is 4.85. The topological polar surface area (TPSA) is 20.2 Å². The second-order valence-electron chi connectivity index (χ2n) is 3.43. The van der Waals surface area contributed by atoms with Crippen molar-refractivity contribution in [2.45, 2.75) is 30.1 Å². The largest absolute Gasteiger partial charge is 0.388 e. The summed E-state index contributed by atoms with van der Waals surface area (Å²) in [6.45, 7) is 4.34. The molecule has 3 heteroatoms. The van der Waals surface area contributed by atoms with Crippen LogP contribution in [0.15, 0.2) is 29.2 Å². The first-order valence-electron chi connectivity index (χ1n) is 4.69. The molecule has 78 valence electrons. The fourth-order valence-corrected chi connectivity index (χ4v) is 2.19. The maximum Gasteiger partial charge on any atom is 0.0877 e. The van der Waals surface area contributed by atoms with E-state index < -0.39 is 6.10 Å². The van der Waals surface area contributed by atoms with Crippen LogP contribution in [0, 0.1) is 0 Å². The third-order valence-corrected chi connectivity index (χ3v) is 3.17. The summed E-state index contributed by atoms with van der Waals surface area (Å²) in [6.07, 6.45) is -0.448. The number of aliphatic hydroxyl groups excluding tert-OH is 1. The van der Waals surface area contributed by atoms with Gasteiger partial charge >= 0.3 is 0 Å². The molecule has 0 aliphatic heterocycles. The summed E-state index contributed by atoms with van der Waals surface area (Å²) in [5.41, 5.74) is 0.938. The molecule has 0 spiro atoms. The lowest BCUT2D eigenvalue weighted by molar-refractivity contribution is 0.204. The molecule has 1 atom stereocenters. The highest BCUT2D eigenvalue weighted by Crippen LogP contribution is 2.24. The molecule has 1 aromatic rings. The van der Waals surface area contributed by atoms with Gasteiger partial charge in [-0.25, -0.2) is 0 Å². The van der Waals surface area contributed by atoms with Crippen LogP contribution in [0.1, 0.15) is 25.5 Å². The zero-order valence-corrected chi connectivity index (χ0v) is 10.2. The van der Waals surface area contributed by atoms with Crippen LogP contribution in [0.25, 0.3) is 0 Å². The molecule has 14 heavy (non-hydrogen) atoms. The van der Waals surface area contributed by atoms with Crippen LogP contribution >= 0.6 is 24.4 Å². The second kappa shape index (κ2) is 5.69. The summed E-state index contributed by atoms with van der Waals surface area (Å²) in [5, 5.41) is 10.1. The minimum Gasteiger partial charge on any atom is -0.388 e. The Hall–Kier alpha value is -0.120. The molecule has 0 fully saturated rings. The number of hydrogen-bond acceptors (Lipinski definition) is 3. The molecule has 1 rings (SSSR count). The molecule has 1 aromatic carbocycles. The Bertz CT molecular complexity index is 269. The monoisotopic (exact) mass is 228 g/mol. The van der Waals surface area contributed by atoms with Crippen LogP contribution in [-0.2, 0) is 0 Å². The van der Waals surface area contributed by atoms with Crippen LogP contribution in [0.4, 0.5) is 0 Å². The minimum absolute atomic E-state index is 0.448. The number of thiol groups is 1. The summed E-state index contributed by atoms with van der Waals surface area (Å²) in [4.78, 5) is 1.25. The predicted molar refractivity (Wildman–Crippen MR) is 66.2 cm³/mol. The highest BCUT2D eigenvalue weighted by Gasteiger charge is 2.05. The molecule has 0 saturated carbocycles. The van der Waals surface area contributed by atoms with Crippen molar-refractivity contribution < 1.29 is 5.11 Å². The van der Waals surface area contributed by atoms with Crippen molar-refractivity contribution in [3.05, 3.63) is 29.8 Å². The number of benzene rings is 1. The van der Waals surface area contributed by atoms with E-state index in [0.717, 1.165) is 5.56 Å². The Labute approximate surface area is 95.3 Å². The summed E-state index contributed by atoms with van der Waals surface area (Å²) in [7, 11) is 0. The van der Waals surface area contributed by atoms with Gasteiger partial charge in [0.2, 0.25) is 0 Å². The minimum atomic E-state index is -0.448. The maximum atomic E-state index is 9.52. The molecule has 1 N–H and O–H groups in total. The van der Waals surface area contributed by atoms with Crippen LogP contribution < -0.4 is 0 Å². The van der Waals surface area contributed by atoms with E-state index in [1.165, 1.54) is 4.90 Å². The van der Waals surface area contributed by atoms with Crippen molar-refractivity contribution in [3.63, 3.8) is 0 Å². The molecule has 0 amide bonds. The number of thioether (sulfide) groups is 1. The average molecular weight is 228 g/mol. The molecule has 1 unspecified atom stereocenters. The first-order valence-corrected chi connectivity index (χ1v) is 6.20. The molecule has 1 nitrogen and oxygen atoms in total. The van der Waals surface area contributed by atoms with Crippen molar-refractivity contribution in [3.8, 4) is 0 Å². The first kappa shape index (κ1) is 12.0. The number of rotatable bonds is 4. The highest BCUT2D eigenvalue weighted by atomic mass is 32.2. The third kappa shape index (κ3) is 3.56. The molecular formula is C11H16OS2. The van der Waals surface area contributed by atoms with E-state index in [1.807, 2.05) is 36.0 Å². The van der Waals surface area contributed by atoms with Crippen molar-refractivity contribution in [2.75, 3.05) is 5.75 Å². The molecule has 0 aliphatic carbocycles. The van der Waals surface area contributed by atoms with E-state index in [-0.39, 0.29) is 0 Å². The van der Waals surface area contributed by atoms with Crippen molar-refractivity contribution in [1.82, 2.24) is 0 Å². The van der Waals surface area contributed by atoms with Crippen LogP contribution in [-0.4, -0.2) is 16.1 Å². The van der Waals surface area contributed by atoms with Crippen molar-refractivity contribution >= 4 is 24.4 Å². The maximum absolute atomic E-state index is 9.52. The Morgan fingerprint density at radius 3 is 2.29 bits per heavy atom. The molecule has 0 aliphatic rings. The van der Waals surface area contributed by atoms with Gasteiger partial charge in [0, 0.05) is 15.9 Å². The van der Waals surface area contributed by atoms with Crippen LogP contribution in [0.3, 0.4) is 0 Å². The normalized spacial score (nSPS) is 13.2. The zero-order chi connectivity index (χ0) is 10.6. The lowest BCUT2D eigenvalue weighted by Crippen LogP contribution is -1.98. The van der Waals surface area contributed by atoms with Gasteiger partial charge in [0.05, 0.1) is 6.10 Å². The molecule has 0 heterocycles. The second-order valence-corrected chi connectivity index (χ2v) is 5.45. The van der Waals surface area contributed by atoms with E-state index >= 15 is 0 Å². The van der Waals surface area contributed by atoms with E-state index in [4.69, 9.17) is 0 Å². The van der Waals surface area contributed by atoms with Crippen LogP contribution in [0.5, 0.6) is 0 Å². The standard InChI is InChI=1S/C11H16OS2/c1-8(2)14-10-5-3-9(4-6-10)11(12)7-13/h3-6,8,11-13H,7H2,1-2H3. The lowest BCUT2D eigenvalue weighted by Gasteiger charge is -2.09. The van der Waals surface area contributed by atoms with Gasteiger partial charge in [0.15, 0.2) is 0 Å². The third-order valence-electron chi connectivity index (χ3n) is 1.81. The van der Waals surface area contributed by atoms with Gasteiger partial charge in [0.1, 0.15) is 0 Å². The SMILES string of the molecule is CC(C)Sc1ccc(C(O)CS)cc1. The Balaban J connectivity index is 2.68. The van der Waals surface area contributed by atoms with E-state index in [0.29, 0.717) is 11.0 Å². The van der Waals surface area contributed by atoms with Crippen LogP contribution in [0.2, 0.25) is 0 Å². The lowest BCUT2D eigenvalue weighted by atomic mass is 10.1. The first-order chi connectivity index (χ1) is 6.63. The van der Waals surface area contributed by atoms with Crippen molar-refractivity contribution in [2.24, 2.45) is 0 Å². The van der Waals surface area contributed by atoms with Gasteiger partial charge in [-0.05, 0) is 17.7 Å². The Morgan fingerprint density at radius 1 is 1.29 bits per heavy atom. The zero-order valence-electron chi connectivity index (χ0n) is 8.47. The molecule has 0 bridgehead atoms. The fourth-order valence-electron chi connectivity index (χ4n) is 1.15. The smallest absolute Gasteiger partial charge is 0.0877 e. The molecule has 0 aromatic heterocycles. The highest BCUT2D eigenvalue weighted by molar-refractivity contribution is 7.99. The number of aliphatic hydroxyl groups is 1. The molecule has 0 saturated heterocycles. The van der Waals surface area contributed by atoms with Gasteiger partial charge in [-0.2, -0.15) is 12.6 Å². The Morgan fingerprint density at radius 2 is 1.86 bits per heavy atom. The average Bonchev–Trinajstić information content (AvgIpc) is 2.17.